The number of unbranched alkanes of at least 4 members (excludes halogenated alkanes) is 1. The number of nitrogens with one attached hydrogen (secondary N) is 2. The summed E-state index contributed by atoms with van der Waals surface area (Å²) in [4.78, 5) is 26.1. The van der Waals surface area contributed by atoms with Gasteiger partial charge in [-0.25, -0.2) is 0 Å². The van der Waals surface area contributed by atoms with Gasteiger partial charge >= 0.3 is 0 Å². The molecule has 0 spiro atoms. The Balaban J connectivity index is 2.05. The van der Waals surface area contributed by atoms with Crippen LogP contribution in [0.1, 0.15) is 139 Å². The SMILES string of the molecule is CC(C)(C)c1cc(C(=O)NCCCCNC(=O)c2cc(C(C)(C)C)cc(C(C)(C)C)c2O)c(O)c(C(C)(C)C)c1. The molecule has 0 bridgehead atoms. The van der Waals surface area contributed by atoms with Gasteiger partial charge in [-0.15, -0.1) is 0 Å². The number of aromatic hydroxyl groups is 2. The Hall–Kier alpha value is -3.02. The summed E-state index contributed by atoms with van der Waals surface area (Å²) in [5.41, 5.74) is 3.10. The van der Waals surface area contributed by atoms with Crippen molar-refractivity contribution in [2.45, 2.75) is 118 Å². The fraction of sp³-hybridized carbons (Fsp3) is 0.588. The zero-order valence-corrected chi connectivity index (χ0v) is 26.8. The molecule has 0 unspecified atom stereocenters. The van der Waals surface area contributed by atoms with E-state index in [2.05, 4.69) is 52.2 Å². The van der Waals surface area contributed by atoms with Crippen molar-refractivity contribution in [3.63, 3.8) is 0 Å². The van der Waals surface area contributed by atoms with Crippen molar-refractivity contribution in [2.24, 2.45) is 0 Å². The van der Waals surface area contributed by atoms with Gasteiger partial charge in [0.15, 0.2) is 0 Å². The zero-order chi connectivity index (χ0) is 30.8. The van der Waals surface area contributed by atoms with Crippen LogP contribution in [0.4, 0.5) is 0 Å². The average Bonchev–Trinajstić information content (AvgIpc) is 2.78. The number of amides is 2. The van der Waals surface area contributed by atoms with E-state index in [-0.39, 0.29) is 56.1 Å². The summed E-state index contributed by atoms with van der Waals surface area (Å²) < 4.78 is 0. The van der Waals surface area contributed by atoms with Gasteiger partial charge < -0.3 is 20.8 Å². The Morgan fingerprint density at radius 2 is 0.850 bits per heavy atom. The maximum atomic E-state index is 13.0. The van der Waals surface area contributed by atoms with Crippen molar-refractivity contribution >= 4 is 11.8 Å². The molecule has 2 aromatic carbocycles. The molecule has 0 saturated carbocycles. The fourth-order valence-corrected chi connectivity index (χ4v) is 4.47. The number of hydrogen-bond acceptors (Lipinski definition) is 4. The molecule has 2 rings (SSSR count). The monoisotopic (exact) mass is 552 g/mol. The molecule has 0 saturated heterocycles. The number of benzene rings is 2. The highest BCUT2D eigenvalue weighted by atomic mass is 16.3. The largest absolute Gasteiger partial charge is 0.507 e. The van der Waals surface area contributed by atoms with Gasteiger partial charge in [-0.2, -0.15) is 0 Å². The second-order valence-electron chi connectivity index (χ2n) is 15.1. The predicted octanol–water partition coefficient (Wildman–Crippen LogP) is 7.23. The molecule has 0 aromatic heterocycles. The first-order chi connectivity index (χ1) is 18.0. The molecular weight excluding hydrogens is 500 g/mol. The summed E-state index contributed by atoms with van der Waals surface area (Å²) in [5, 5.41) is 27.7. The summed E-state index contributed by atoms with van der Waals surface area (Å²) in [6.07, 6.45) is 1.30. The van der Waals surface area contributed by atoms with Crippen LogP contribution in [0, 0.1) is 0 Å². The quantitative estimate of drug-likeness (QED) is 0.272. The van der Waals surface area contributed by atoms with Gasteiger partial charge in [-0.05, 0) is 57.8 Å². The van der Waals surface area contributed by atoms with E-state index in [1.54, 1.807) is 12.1 Å². The van der Waals surface area contributed by atoms with Crippen LogP contribution in [0.5, 0.6) is 11.5 Å². The van der Waals surface area contributed by atoms with Crippen LogP contribution < -0.4 is 10.6 Å². The summed E-state index contributed by atoms with van der Waals surface area (Å²) in [5.74, 6) is -0.567. The lowest BCUT2D eigenvalue weighted by molar-refractivity contribution is 0.0936. The Labute approximate surface area is 242 Å². The van der Waals surface area contributed by atoms with E-state index in [4.69, 9.17) is 0 Å². The van der Waals surface area contributed by atoms with E-state index in [0.717, 1.165) is 22.3 Å². The second-order valence-corrected chi connectivity index (χ2v) is 15.1. The van der Waals surface area contributed by atoms with Crippen molar-refractivity contribution < 1.29 is 19.8 Å². The van der Waals surface area contributed by atoms with Gasteiger partial charge in [0, 0.05) is 24.2 Å². The highest BCUT2D eigenvalue weighted by Crippen LogP contribution is 2.39. The average molecular weight is 553 g/mol. The number of phenolic OH excluding ortho intramolecular Hbond substituents is 2. The highest BCUT2D eigenvalue weighted by Gasteiger charge is 2.28. The van der Waals surface area contributed by atoms with Crippen LogP contribution in [0.25, 0.3) is 0 Å². The van der Waals surface area contributed by atoms with Crippen LogP contribution in [0.3, 0.4) is 0 Å². The van der Waals surface area contributed by atoms with E-state index < -0.39 is 0 Å². The minimum atomic E-state index is -0.312. The predicted molar refractivity (Wildman–Crippen MR) is 165 cm³/mol. The molecule has 2 aromatic rings. The van der Waals surface area contributed by atoms with Crippen molar-refractivity contribution in [1.29, 1.82) is 0 Å². The number of phenols is 2. The lowest BCUT2D eigenvalue weighted by Crippen LogP contribution is -2.29. The van der Waals surface area contributed by atoms with E-state index in [9.17, 15) is 19.8 Å². The highest BCUT2D eigenvalue weighted by molar-refractivity contribution is 5.98. The standard InChI is InChI=1S/C34H52N2O4/c1-31(2,3)21-17-23(27(37)25(19-21)33(7,8)9)29(39)35-15-13-14-16-36-30(40)24-18-22(32(4,5)6)20-26(28(24)38)34(10,11)12/h17-20,37-38H,13-16H2,1-12H3,(H,35,39)(H,36,40). The molecule has 0 aliphatic rings. The van der Waals surface area contributed by atoms with E-state index in [1.807, 2.05) is 53.7 Å². The Kier molecular flexibility index (Phi) is 9.82. The first-order valence-electron chi connectivity index (χ1n) is 14.4. The maximum Gasteiger partial charge on any atom is 0.255 e. The minimum Gasteiger partial charge on any atom is -0.507 e. The smallest absolute Gasteiger partial charge is 0.255 e. The lowest BCUT2D eigenvalue weighted by atomic mass is 9.79. The number of hydrogen-bond donors (Lipinski definition) is 4. The van der Waals surface area contributed by atoms with Gasteiger partial charge in [0.25, 0.3) is 11.8 Å². The fourth-order valence-electron chi connectivity index (χ4n) is 4.47. The molecule has 0 fully saturated rings. The molecule has 2 amide bonds. The molecule has 0 heterocycles. The number of carbonyl (C=O) groups excluding carboxylic acids is 2. The van der Waals surface area contributed by atoms with E-state index >= 15 is 0 Å². The molecule has 6 heteroatoms. The Morgan fingerprint density at radius 1 is 0.550 bits per heavy atom. The van der Waals surface area contributed by atoms with Gasteiger partial charge in [0.1, 0.15) is 11.5 Å². The van der Waals surface area contributed by atoms with Gasteiger partial charge in [-0.3, -0.25) is 9.59 Å². The molecule has 222 valence electrons. The Morgan fingerprint density at radius 3 is 1.10 bits per heavy atom. The van der Waals surface area contributed by atoms with Crippen LogP contribution in [0.15, 0.2) is 24.3 Å². The van der Waals surface area contributed by atoms with Gasteiger partial charge in [0.05, 0.1) is 11.1 Å². The molecule has 0 atom stereocenters. The molecule has 0 aliphatic carbocycles. The topological polar surface area (TPSA) is 98.7 Å². The Bertz CT molecular complexity index is 1140. The lowest BCUT2D eigenvalue weighted by Gasteiger charge is -2.27. The van der Waals surface area contributed by atoms with Crippen molar-refractivity contribution in [3.8, 4) is 11.5 Å². The third kappa shape index (κ3) is 8.25. The first kappa shape index (κ1) is 33.2. The summed E-state index contributed by atoms with van der Waals surface area (Å²) in [6.45, 7) is 25.5. The molecule has 40 heavy (non-hydrogen) atoms. The van der Waals surface area contributed by atoms with E-state index in [1.165, 1.54) is 0 Å². The molecular formula is C34H52N2O4. The third-order valence-corrected chi connectivity index (χ3v) is 7.23. The normalized spacial score (nSPS) is 12.8. The number of rotatable bonds is 7. The maximum absolute atomic E-state index is 13.0. The van der Waals surface area contributed by atoms with Crippen molar-refractivity contribution in [3.05, 3.63) is 57.6 Å². The van der Waals surface area contributed by atoms with Crippen LogP contribution in [-0.4, -0.2) is 35.1 Å². The van der Waals surface area contributed by atoms with Gasteiger partial charge in [-0.1, -0.05) is 95.2 Å². The molecule has 0 aliphatic heterocycles. The van der Waals surface area contributed by atoms with Crippen LogP contribution in [-0.2, 0) is 21.7 Å². The summed E-state index contributed by atoms with van der Waals surface area (Å²) in [7, 11) is 0. The van der Waals surface area contributed by atoms with Crippen molar-refractivity contribution in [1.82, 2.24) is 10.6 Å². The summed E-state index contributed by atoms with van der Waals surface area (Å²) in [6, 6.07) is 7.55. The van der Waals surface area contributed by atoms with Gasteiger partial charge in [0.2, 0.25) is 0 Å². The summed E-state index contributed by atoms with van der Waals surface area (Å²) >= 11 is 0. The third-order valence-electron chi connectivity index (χ3n) is 7.23. The molecule has 4 N–H and O–H groups in total. The van der Waals surface area contributed by atoms with E-state index in [0.29, 0.717) is 25.9 Å². The van der Waals surface area contributed by atoms with Crippen molar-refractivity contribution in [2.75, 3.05) is 13.1 Å². The number of carbonyl (C=O) groups is 2. The molecule has 0 radical (unpaired) electrons. The minimum absolute atomic E-state index is 0.0252. The van der Waals surface area contributed by atoms with Crippen LogP contribution in [0.2, 0.25) is 0 Å². The van der Waals surface area contributed by atoms with Crippen LogP contribution >= 0.6 is 0 Å². The second kappa shape index (κ2) is 11.8. The zero-order valence-electron chi connectivity index (χ0n) is 26.8. The first-order valence-corrected chi connectivity index (χ1v) is 14.4. The molecule has 6 nitrogen and oxygen atoms in total.